The van der Waals surface area contributed by atoms with Crippen LogP contribution in [0.25, 0.3) is 17.1 Å². The number of nitrogens with zero attached hydrogens (tertiary/aromatic N) is 6. The third-order valence-corrected chi connectivity index (χ3v) is 4.53. The lowest BCUT2D eigenvalue weighted by molar-refractivity contribution is 0.0950. The minimum atomic E-state index is -0.609. The van der Waals surface area contributed by atoms with Crippen LogP contribution in [0.1, 0.15) is 23.0 Å². The number of rotatable bonds is 6. The first-order valence-electron chi connectivity index (χ1n) is 9.30. The number of amides is 1. The average molecular weight is 434 g/mol. The van der Waals surface area contributed by atoms with Crippen LogP contribution in [0.3, 0.4) is 0 Å². The summed E-state index contributed by atoms with van der Waals surface area (Å²) < 4.78 is 11.2. The molecule has 4 aromatic rings. The summed E-state index contributed by atoms with van der Waals surface area (Å²) in [4.78, 5) is 13.0. The predicted molar refractivity (Wildman–Crippen MR) is 113 cm³/mol. The van der Waals surface area contributed by atoms with Gasteiger partial charge in [0.2, 0.25) is 11.6 Å². The average Bonchev–Trinajstić information content (AvgIpc) is 3.43. The minimum Gasteiger partial charge on any atom is -0.508 e. The number of hydrogen-bond donors (Lipinski definition) is 3. The van der Waals surface area contributed by atoms with Gasteiger partial charge in [-0.1, -0.05) is 17.3 Å². The van der Waals surface area contributed by atoms with E-state index < -0.39 is 5.91 Å². The third kappa shape index (κ3) is 3.96. The molecule has 0 saturated heterocycles. The lowest BCUT2D eigenvalue weighted by Crippen LogP contribution is -2.21. The Bertz CT molecular complexity index is 1290. The van der Waals surface area contributed by atoms with Crippen molar-refractivity contribution in [1.29, 1.82) is 0 Å². The first-order chi connectivity index (χ1) is 15.5. The van der Waals surface area contributed by atoms with Crippen molar-refractivity contribution in [2.45, 2.75) is 6.92 Å². The SMILES string of the molecule is COc1cccc(-c2c(C(=O)NN=C(C)c3ccc(O)cc3)nnn2-c2nonc2N)c1. The number of aromatic hydroxyl groups is 1. The molecule has 0 radical (unpaired) electrons. The molecule has 162 valence electrons. The molecule has 0 saturated carbocycles. The number of anilines is 1. The number of aromatic nitrogens is 5. The molecule has 2 aromatic heterocycles. The predicted octanol–water partition coefficient (Wildman–Crippen LogP) is 1.77. The summed E-state index contributed by atoms with van der Waals surface area (Å²) >= 11 is 0. The molecule has 0 fully saturated rings. The number of nitrogens with two attached hydrogens (primary N) is 1. The Morgan fingerprint density at radius 3 is 2.69 bits per heavy atom. The molecule has 12 heteroatoms. The van der Waals surface area contributed by atoms with Crippen LogP contribution in [0.15, 0.2) is 58.3 Å². The number of carbonyl (C=O) groups excluding carboxylic acids is 1. The molecule has 2 heterocycles. The van der Waals surface area contributed by atoms with E-state index in [1.165, 1.54) is 23.9 Å². The number of hydrazone groups is 1. The summed E-state index contributed by atoms with van der Waals surface area (Å²) in [7, 11) is 1.53. The summed E-state index contributed by atoms with van der Waals surface area (Å²) in [5.74, 6) is 0.147. The molecular weight excluding hydrogens is 416 g/mol. The summed E-state index contributed by atoms with van der Waals surface area (Å²) in [6.07, 6.45) is 0. The zero-order chi connectivity index (χ0) is 22.7. The van der Waals surface area contributed by atoms with Crippen LogP contribution in [0.4, 0.5) is 5.82 Å². The lowest BCUT2D eigenvalue weighted by Gasteiger charge is -2.08. The smallest absolute Gasteiger partial charge is 0.294 e. The number of ether oxygens (including phenoxy) is 1. The van der Waals surface area contributed by atoms with Gasteiger partial charge < -0.3 is 15.6 Å². The molecule has 4 rings (SSSR count). The highest BCUT2D eigenvalue weighted by atomic mass is 16.6. The third-order valence-electron chi connectivity index (χ3n) is 4.53. The van der Waals surface area contributed by atoms with Gasteiger partial charge >= 0.3 is 0 Å². The molecule has 32 heavy (non-hydrogen) atoms. The van der Waals surface area contributed by atoms with Crippen molar-refractivity contribution in [2.75, 3.05) is 12.8 Å². The van der Waals surface area contributed by atoms with Gasteiger partial charge in [-0.25, -0.2) is 10.1 Å². The molecule has 0 aliphatic heterocycles. The van der Waals surface area contributed by atoms with Crippen molar-refractivity contribution in [2.24, 2.45) is 5.10 Å². The van der Waals surface area contributed by atoms with Crippen LogP contribution in [0.5, 0.6) is 11.5 Å². The number of carbonyl (C=O) groups is 1. The number of hydrogen-bond acceptors (Lipinski definition) is 10. The van der Waals surface area contributed by atoms with E-state index in [1.807, 2.05) is 0 Å². The molecule has 0 atom stereocenters. The normalized spacial score (nSPS) is 11.4. The largest absolute Gasteiger partial charge is 0.508 e. The van der Waals surface area contributed by atoms with Gasteiger partial charge in [-0.2, -0.15) is 9.78 Å². The minimum absolute atomic E-state index is 0.0211. The Labute approximate surface area is 181 Å². The first kappa shape index (κ1) is 20.5. The van der Waals surface area contributed by atoms with Gasteiger partial charge in [-0.05, 0) is 59.2 Å². The second kappa shape index (κ2) is 8.55. The van der Waals surface area contributed by atoms with E-state index in [-0.39, 0.29) is 23.1 Å². The van der Waals surface area contributed by atoms with Crippen LogP contribution in [-0.2, 0) is 0 Å². The van der Waals surface area contributed by atoms with E-state index in [1.54, 1.807) is 43.3 Å². The van der Waals surface area contributed by atoms with Crippen molar-refractivity contribution in [3.05, 3.63) is 59.8 Å². The Kier molecular flexibility index (Phi) is 5.49. The van der Waals surface area contributed by atoms with Gasteiger partial charge in [0.25, 0.3) is 5.91 Å². The van der Waals surface area contributed by atoms with Crippen molar-refractivity contribution in [3.8, 4) is 28.6 Å². The Morgan fingerprint density at radius 2 is 2.00 bits per heavy atom. The molecule has 4 N–H and O–H groups in total. The molecule has 0 aliphatic rings. The molecule has 0 spiro atoms. The number of phenolic OH excluding ortho intramolecular Hbond substituents is 1. The quantitative estimate of drug-likeness (QED) is 0.303. The number of phenols is 1. The van der Waals surface area contributed by atoms with Crippen LogP contribution < -0.4 is 15.9 Å². The highest BCUT2D eigenvalue weighted by Crippen LogP contribution is 2.29. The summed E-state index contributed by atoms with van der Waals surface area (Å²) in [6.45, 7) is 1.72. The van der Waals surface area contributed by atoms with Crippen molar-refractivity contribution in [1.82, 2.24) is 30.7 Å². The van der Waals surface area contributed by atoms with E-state index in [9.17, 15) is 9.90 Å². The number of nitrogens with one attached hydrogen (secondary N) is 1. The van der Waals surface area contributed by atoms with Gasteiger partial charge in [-0.3, -0.25) is 4.79 Å². The zero-order valence-electron chi connectivity index (χ0n) is 17.1. The molecule has 0 unspecified atom stereocenters. The van der Waals surface area contributed by atoms with E-state index in [2.05, 4.69) is 35.8 Å². The van der Waals surface area contributed by atoms with Gasteiger partial charge in [0.1, 0.15) is 17.2 Å². The number of methoxy groups -OCH3 is 1. The second-order valence-electron chi connectivity index (χ2n) is 6.59. The standard InChI is InChI=1S/C20H18N8O4/c1-11(12-6-8-14(29)9-7-12)22-24-20(30)16-17(13-4-3-5-15(10-13)31-2)28(27-23-16)19-18(21)25-32-26-19/h3-10,29H,1-2H3,(H2,21,25)(H,24,30). The first-order valence-corrected chi connectivity index (χ1v) is 9.30. The van der Waals surface area contributed by atoms with Gasteiger partial charge in [0.15, 0.2) is 5.69 Å². The van der Waals surface area contributed by atoms with Crippen molar-refractivity contribution < 1.29 is 19.3 Å². The Balaban J connectivity index is 1.72. The van der Waals surface area contributed by atoms with Gasteiger partial charge in [0.05, 0.1) is 12.8 Å². The maximum atomic E-state index is 13.0. The summed E-state index contributed by atoms with van der Waals surface area (Å²) in [6, 6.07) is 13.4. The maximum Gasteiger partial charge on any atom is 0.294 e. The fourth-order valence-electron chi connectivity index (χ4n) is 2.91. The summed E-state index contributed by atoms with van der Waals surface area (Å²) in [5.41, 5.74) is 10.4. The highest BCUT2D eigenvalue weighted by molar-refractivity contribution is 6.02. The van der Waals surface area contributed by atoms with Crippen molar-refractivity contribution >= 4 is 17.4 Å². The zero-order valence-corrected chi connectivity index (χ0v) is 17.1. The summed E-state index contributed by atoms with van der Waals surface area (Å²) in [5, 5.41) is 28.9. The highest BCUT2D eigenvalue weighted by Gasteiger charge is 2.25. The van der Waals surface area contributed by atoms with Crippen molar-refractivity contribution in [3.63, 3.8) is 0 Å². The van der Waals surface area contributed by atoms with E-state index in [4.69, 9.17) is 10.5 Å². The molecule has 12 nitrogen and oxygen atoms in total. The van der Waals surface area contributed by atoms with Gasteiger partial charge in [-0.15, -0.1) is 5.10 Å². The van der Waals surface area contributed by atoms with Crippen LogP contribution in [0, 0.1) is 0 Å². The monoisotopic (exact) mass is 434 g/mol. The van der Waals surface area contributed by atoms with E-state index in [0.717, 1.165) is 5.56 Å². The molecule has 0 aliphatic carbocycles. The van der Waals surface area contributed by atoms with Crippen LogP contribution in [0.2, 0.25) is 0 Å². The fourth-order valence-corrected chi connectivity index (χ4v) is 2.91. The molecule has 1 amide bonds. The second-order valence-corrected chi connectivity index (χ2v) is 6.59. The van der Waals surface area contributed by atoms with E-state index in [0.29, 0.717) is 22.7 Å². The topological polar surface area (TPSA) is 167 Å². The van der Waals surface area contributed by atoms with Crippen LogP contribution >= 0.6 is 0 Å². The Morgan fingerprint density at radius 1 is 1.22 bits per heavy atom. The lowest BCUT2D eigenvalue weighted by atomic mass is 10.1. The molecular formula is C20H18N8O4. The fraction of sp³-hybridized carbons (Fsp3) is 0.100. The number of nitrogen functional groups attached to an aromatic ring is 1. The molecule has 2 aromatic carbocycles. The number of benzene rings is 2. The Hall–Kier alpha value is -4.74. The van der Waals surface area contributed by atoms with Gasteiger partial charge in [0, 0.05) is 5.56 Å². The molecule has 0 bridgehead atoms. The van der Waals surface area contributed by atoms with Crippen LogP contribution in [-0.4, -0.2) is 49.1 Å². The van der Waals surface area contributed by atoms with E-state index >= 15 is 0 Å². The maximum absolute atomic E-state index is 13.0.